The summed E-state index contributed by atoms with van der Waals surface area (Å²) in [5, 5.41) is 1.59. The molecule has 0 bridgehead atoms. The van der Waals surface area contributed by atoms with Crippen LogP contribution in [0.15, 0.2) is 41.8 Å². The fourth-order valence-electron chi connectivity index (χ4n) is 1.59. The van der Waals surface area contributed by atoms with Crippen LogP contribution in [0.5, 0.6) is 5.75 Å². The first-order chi connectivity index (χ1) is 9.54. The van der Waals surface area contributed by atoms with Gasteiger partial charge in [-0.05, 0) is 11.4 Å². The van der Waals surface area contributed by atoms with E-state index in [1.54, 1.807) is 11.4 Å². The Balaban J connectivity index is 2.09. The van der Waals surface area contributed by atoms with Crippen LogP contribution in [-0.4, -0.2) is 19.7 Å². The van der Waals surface area contributed by atoms with Crippen LogP contribution in [0.2, 0.25) is 0 Å². The van der Waals surface area contributed by atoms with Crippen LogP contribution in [0.25, 0.3) is 0 Å². The van der Waals surface area contributed by atoms with Gasteiger partial charge in [0.05, 0.1) is 7.11 Å². The second-order valence-corrected chi connectivity index (χ2v) is 4.88. The van der Waals surface area contributed by atoms with Gasteiger partial charge >= 0.3 is 11.9 Å². The molecule has 0 atom stereocenters. The molecule has 0 saturated heterocycles. The van der Waals surface area contributed by atoms with E-state index in [1.165, 1.54) is 37.4 Å². The zero-order chi connectivity index (χ0) is 14.6. The van der Waals surface area contributed by atoms with Gasteiger partial charge < -0.3 is 9.47 Å². The third-order valence-electron chi connectivity index (χ3n) is 2.60. The van der Waals surface area contributed by atoms with E-state index in [0.717, 1.165) is 11.3 Å². The number of methoxy groups -OCH3 is 1. The van der Waals surface area contributed by atoms with Gasteiger partial charge in [0.2, 0.25) is 0 Å². The second-order valence-electron chi connectivity index (χ2n) is 3.96. The minimum absolute atomic E-state index is 0.109. The minimum atomic E-state index is -3.13. The molecule has 0 fully saturated rings. The molecule has 1 aromatic carbocycles. The van der Waals surface area contributed by atoms with Gasteiger partial charge in [-0.15, -0.1) is 11.3 Å². The van der Waals surface area contributed by atoms with E-state index in [1.807, 2.05) is 0 Å². The molecule has 0 radical (unpaired) electrons. The Morgan fingerprint density at radius 2 is 1.95 bits per heavy atom. The van der Waals surface area contributed by atoms with Crippen LogP contribution in [0, 0.1) is 0 Å². The molecule has 0 saturated carbocycles. The lowest BCUT2D eigenvalue weighted by molar-refractivity contribution is -0.0468. The van der Waals surface area contributed by atoms with Gasteiger partial charge in [-0.1, -0.05) is 30.3 Å². The van der Waals surface area contributed by atoms with Crippen molar-refractivity contribution in [1.82, 2.24) is 0 Å². The summed E-state index contributed by atoms with van der Waals surface area (Å²) in [4.78, 5) is 11.6. The Morgan fingerprint density at radius 1 is 1.25 bits per heavy atom. The van der Waals surface area contributed by atoms with Gasteiger partial charge in [0.1, 0.15) is 5.75 Å². The van der Waals surface area contributed by atoms with Crippen LogP contribution in [-0.2, 0) is 10.7 Å². The summed E-state index contributed by atoms with van der Waals surface area (Å²) in [5.74, 6) is -3.62. The number of rotatable bonds is 5. The maximum absolute atomic E-state index is 13.9. The first-order valence-corrected chi connectivity index (χ1v) is 6.64. The van der Waals surface area contributed by atoms with Crippen molar-refractivity contribution in [3.8, 4) is 5.75 Å². The van der Waals surface area contributed by atoms with Crippen LogP contribution in [0.4, 0.5) is 8.78 Å². The van der Waals surface area contributed by atoms with Crippen LogP contribution >= 0.6 is 11.3 Å². The number of hydrogen-bond donors (Lipinski definition) is 0. The van der Waals surface area contributed by atoms with Crippen molar-refractivity contribution >= 4 is 17.3 Å². The summed E-state index contributed by atoms with van der Waals surface area (Å²) in [6.07, 6.45) is 0. The van der Waals surface area contributed by atoms with Gasteiger partial charge in [0.15, 0.2) is 11.5 Å². The number of alkyl halides is 2. The largest absolute Gasteiger partial charge is 0.485 e. The number of halogens is 2. The SMILES string of the molecule is COC(=O)c1sccc1OCC(F)(F)c1ccccc1. The number of ether oxygens (including phenoxy) is 2. The summed E-state index contributed by atoms with van der Waals surface area (Å²) in [5.41, 5.74) is -0.130. The molecule has 2 aromatic rings. The highest BCUT2D eigenvalue weighted by Gasteiger charge is 2.33. The van der Waals surface area contributed by atoms with E-state index in [-0.39, 0.29) is 16.2 Å². The van der Waals surface area contributed by atoms with E-state index in [2.05, 4.69) is 4.74 Å². The number of esters is 1. The number of benzene rings is 1. The molecule has 0 amide bonds. The standard InChI is InChI=1S/C14H12F2O3S/c1-18-13(17)12-11(7-8-20-12)19-9-14(15,16)10-5-3-2-4-6-10/h2-8H,9H2,1H3. The van der Waals surface area contributed by atoms with Crippen molar-refractivity contribution in [2.24, 2.45) is 0 Å². The smallest absolute Gasteiger partial charge is 0.351 e. The predicted octanol–water partition coefficient (Wildman–Crippen LogP) is 3.71. The van der Waals surface area contributed by atoms with Crippen molar-refractivity contribution in [2.75, 3.05) is 13.7 Å². The highest BCUT2D eigenvalue weighted by molar-refractivity contribution is 7.12. The van der Waals surface area contributed by atoms with Crippen LogP contribution in [0.1, 0.15) is 15.2 Å². The summed E-state index contributed by atoms with van der Waals surface area (Å²) in [7, 11) is 1.23. The normalized spacial score (nSPS) is 11.2. The Morgan fingerprint density at radius 3 is 2.60 bits per heavy atom. The fourth-order valence-corrected chi connectivity index (χ4v) is 2.34. The van der Waals surface area contributed by atoms with Crippen molar-refractivity contribution < 1.29 is 23.0 Å². The monoisotopic (exact) mass is 298 g/mol. The molecule has 3 nitrogen and oxygen atoms in total. The van der Waals surface area contributed by atoms with E-state index in [4.69, 9.17) is 4.74 Å². The van der Waals surface area contributed by atoms with Crippen LogP contribution < -0.4 is 4.74 Å². The van der Waals surface area contributed by atoms with Gasteiger partial charge in [0.25, 0.3) is 0 Å². The van der Waals surface area contributed by atoms with Gasteiger partial charge in [-0.25, -0.2) is 4.79 Å². The van der Waals surface area contributed by atoms with Crippen LogP contribution in [0.3, 0.4) is 0 Å². The highest BCUT2D eigenvalue weighted by Crippen LogP contribution is 2.31. The Bertz CT molecular complexity index is 581. The molecule has 0 N–H and O–H groups in total. The second kappa shape index (κ2) is 6.00. The number of hydrogen-bond acceptors (Lipinski definition) is 4. The van der Waals surface area contributed by atoms with Crippen molar-refractivity contribution in [1.29, 1.82) is 0 Å². The van der Waals surface area contributed by atoms with Gasteiger partial charge in [-0.3, -0.25) is 0 Å². The fraction of sp³-hybridized carbons (Fsp3) is 0.214. The first kappa shape index (κ1) is 14.5. The van der Waals surface area contributed by atoms with E-state index >= 15 is 0 Å². The molecule has 0 aliphatic rings. The van der Waals surface area contributed by atoms with Gasteiger partial charge in [0, 0.05) is 5.56 Å². The molecular weight excluding hydrogens is 286 g/mol. The molecule has 2 rings (SSSR count). The molecule has 0 unspecified atom stereocenters. The zero-order valence-corrected chi connectivity index (χ0v) is 11.5. The summed E-state index contributed by atoms with van der Waals surface area (Å²) >= 11 is 1.08. The van der Waals surface area contributed by atoms with E-state index < -0.39 is 18.5 Å². The number of carbonyl (C=O) groups excluding carboxylic acids is 1. The minimum Gasteiger partial charge on any atom is -0.485 e. The van der Waals surface area contributed by atoms with Crippen molar-refractivity contribution in [3.63, 3.8) is 0 Å². The third kappa shape index (κ3) is 3.14. The topological polar surface area (TPSA) is 35.5 Å². The lowest BCUT2D eigenvalue weighted by Crippen LogP contribution is -2.23. The maximum Gasteiger partial charge on any atom is 0.351 e. The molecule has 0 spiro atoms. The molecule has 1 aromatic heterocycles. The first-order valence-electron chi connectivity index (χ1n) is 5.76. The molecule has 0 aliphatic carbocycles. The molecule has 20 heavy (non-hydrogen) atoms. The summed E-state index contributed by atoms with van der Waals surface area (Å²) in [6, 6.07) is 8.87. The highest BCUT2D eigenvalue weighted by atomic mass is 32.1. The van der Waals surface area contributed by atoms with E-state index in [9.17, 15) is 13.6 Å². The quantitative estimate of drug-likeness (QED) is 0.789. The lowest BCUT2D eigenvalue weighted by atomic mass is 10.1. The molecular formula is C14H12F2O3S. The van der Waals surface area contributed by atoms with Crippen molar-refractivity contribution in [2.45, 2.75) is 5.92 Å². The Labute approximate surface area is 118 Å². The average Bonchev–Trinajstić information content (AvgIpc) is 2.94. The summed E-state index contributed by atoms with van der Waals surface area (Å²) < 4.78 is 37.5. The predicted molar refractivity (Wildman–Crippen MR) is 71.5 cm³/mol. The third-order valence-corrected chi connectivity index (χ3v) is 3.48. The molecule has 6 heteroatoms. The van der Waals surface area contributed by atoms with Crippen molar-refractivity contribution in [3.05, 3.63) is 52.2 Å². The average molecular weight is 298 g/mol. The summed E-state index contributed by atoms with van der Waals surface area (Å²) in [6.45, 7) is -0.836. The Kier molecular flexibility index (Phi) is 4.34. The lowest BCUT2D eigenvalue weighted by Gasteiger charge is -2.17. The van der Waals surface area contributed by atoms with Gasteiger partial charge in [-0.2, -0.15) is 8.78 Å². The number of carbonyl (C=O) groups is 1. The van der Waals surface area contributed by atoms with E-state index in [0.29, 0.717) is 0 Å². The number of thiophene rings is 1. The Hall–Kier alpha value is -1.95. The molecule has 106 valence electrons. The molecule has 0 aliphatic heterocycles. The molecule has 1 heterocycles. The maximum atomic E-state index is 13.9. The zero-order valence-electron chi connectivity index (χ0n) is 10.6.